The van der Waals surface area contributed by atoms with Crippen LogP contribution in [0.3, 0.4) is 0 Å². The van der Waals surface area contributed by atoms with E-state index in [1.165, 1.54) is 44.9 Å². The molecule has 0 amide bonds. The third-order valence-corrected chi connectivity index (χ3v) is 4.76. The summed E-state index contributed by atoms with van der Waals surface area (Å²) in [5.41, 5.74) is 0. The van der Waals surface area contributed by atoms with Gasteiger partial charge in [0.25, 0.3) is 0 Å². The molecule has 0 bridgehead atoms. The maximum absolute atomic E-state index is 3.66. The molecule has 0 heterocycles. The van der Waals surface area contributed by atoms with Gasteiger partial charge >= 0.3 is 0 Å². The fraction of sp³-hybridized carbons (Fsp3) is 1.00. The molecule has 0 aromatic rings. The maximum atomic E-state index is 3.66. The van der Waals surface area contributed by atoms with Crippen LogP contribution in [-0.2, 0) is 0 Å². The fourth-order valence-corrected chi connectivity index (χ4v) is 3.87. The van der Waals surface area contributed by atoms with Gasteiger partial charge in [-0.05, 0) is 43.6 Å². The van der Waals surface area contributed by atoms with E-state index in [0.717, 1.165) is 30.3 Å². The summed E-state index contributed by atoms with van der Waals surface area (Å²) in [6, 6.07) is 0.830. The van der Waals surface area contributed by atoms with Crippen molar-refractivity contribution in [2.24, 2.45) is 17.8 Å². The molecule has 2 rings (SSSR count). The molecule has 0 aromatic heterocycles. The zero-order chi connectivity index (χ0) is 10.7. The Labute approximate surface area is 95.0 Å². The summed E-state index contributed by atoms with van der Waals surface area (Å²) in [6.07, 6.45) is 10.4. The first-order chi connectivity index (χ1) is 7.31. The van der Waals surface area contributed by atoms with E-state index in [9.17, 15) is 0 Å². The van der Waals surface area contributed by atoms with E-state index in [4.69, 9.17) is 0 Å². The second-order valence-corrected chi connectivity index (χ2v) is 5.75. The Morgan fingerprint density at radius 2 is 1.80 bits per heavy atom. The van der Waals surface area contributed by atoms with Gasteiger partial charge in [0.15, 0.2) is 0 Å². The Kier molecular flexibility index (Phi) is 4.07. The highest BCUT2D eigenvalue weighted by molar-refractivity contribution is 4.87. The Morgan fingerprint density at radius 3 is 2.47 bits per heavy atom. The molecule has 0 aromatic carbocycles. The molecular weight excluding hydrogens is 182 g/mol. The molecule has 0 saturated heterocycles. The highest BCUT2D eigenvalue weighted by Crippen LogP contribution is 2.42. The van der Waals surface area contributed by atoms with Gasteiger partial charge in [-0.25, -0.2) is 0 Å². The van der Waals surface area contributed by atoms with E-state index in [1.807, 2.05) is 0 Å². The molecule has 1 heteroatoms. The molecule has 3 atom stereocenters. The lowest BCUT2D eigenvalue weighted by molar-refractivity contribution is 0.148. The molecule has 0 aliphatic heterocycles. The van der Waals surface area contributed by atoms with Crippen LogP contribution >= 0.6 is 0 Å². The van der Waals surface area contributed by atoms with E-state index in [2.05, 4.69) is 19.2 Å². The van der Waals surface area contributed by atoms with Crippen molar-refractivity contribution < 1.29 is 0 Å². The molecule has 3 unspecified atom stereocenters. The summed E-state index contributed by atoms with van der Waals surface area (Å²) in [7, 11) is 0. The van der Waals surface area contributed by atoms with Crippen molar-refractivity contribution in [2.45, 2.75) is 64.8 Å². The minimum Gasteiger partial charge on any atom is -0.314 e. The predicted molar refractivity (Wildman–Crippen MR) is 65.9 cm³/mol. The number of hydrogen-bond donors (Lipinski definition) is 1. The van der Waals surface area contributed by atoms with Crippen molar-refractivity contribution in [3.8, 4) is 0 Å². The lowest BCUT2D eigenvalue weighted by Gasteiger charge is -2.38. The normalized spacial score (nSPS) is 38.4. The van der Waals surface area contributed by atoms with Gasteiger partial charge in [0.1, 0.15) is 0 Å². The fourth-order valence-electron chi connectivity index (χ4n) is 3.87. The second-order valence-electron chi connectivity index (χ2n) is 5.75. The first-order valence-corrected chi connectivity index (χ1v) is 7.04. The quantitative estimate of drug-likeness (QED) is 0.749. The van der Waals surface area contributed by atoms with Crippen molar-refractivity contribution >= 4 is 0 Å². The van der Waals surface area contributed by atoms with Crippen LogP contribution in [0.15, 0.2) is 0 Å². The van der Waals surface area contributed by atoms with E-state index in [-0.39, 0.29) is 0 Å². The van der Waals surface area contributed by atoms with Crippen molar-refractivity contribution in [3.63, 3.8) is 0 Å². The summed E-state index contributed by atoms with van der Waals surface area (Å²) in [4.78, 5) is 0. The first kappa shape index (κ1) is 11.4. The van der Waals surface area contributed by atoms with E-state index in [0.29, 0.717) is 0 Å². The van der Waals surface area contributed by atoms with Crippen molar-refractivity contribution in [2.75, 3.05) is 6.54 Å². The minimum absolute atomic E-state index is 0.830. The van der Waals surface area contributed by atoms with Crippen LogP contribution in [0.4, 0.5) is 0 Å². The standard InChI is InChI=1S/C14H27N/c1-3-15-13-9-8-11(2)14(10-13)12-6-4-5-7-12/h11-15H,3-10H2,1-2H3. The molecule has 2 fully saturated rings. The van der Waals surface area contributed by atoms with Crippen LogP contribution in [0.25, 0.3) is 0 Å². The molecule has 0 spiro atoms. The largest absolute Gasteiger partial charge is 0.314 e. The number of rotatable bonds is 3. The summed E-state index contributed by atoms with van der Waals surface area (Å²) < 4.78 is 0. The molecule has 0 radical (unpaired) electrons. The van der Waals surface area contributed by atoms with Crippen LogP contribution in [0.2, 0.25) is 0 Å². The number of nitrogens with one attached hydrogen (secondary N) is 1. The summed E-state index contributed by atoms with van der Waals surface area (Å²) in [5.74, 6) is 3.09. The van der Waals surface area contributed by atoms with Gasteiger partial charge in [0.05, 0.1) is 0 Å². The summed E-state index contributed by atoms with van der Waals surface area (Å²) >= 11 is 0. The van der Waals surface area contributed by atoms with Gasteiger partial charge in [0.2, 0.25) is 0 Å². The van der Waals surface area contributed by atoms with Crippen molar-refractivity contribution in [3.05, 3.63) is 0 Å². The zero-order valence-electron chi connectivity index (χ0n) is 10.5. The molecule has 1 N–H and O–H groups in total. The Bertz CT molecular complexity index is 184. The third kappa shape index (κ3) is 2.75. The molecule has 15 heavy (non-hydrogen) atoms. The van der Waals surface area contributed by atoms with Crippen LogP contribution in [0, 0.1) is 17.8 Å². The molecule has 2 saturated carbocycles. The van der Waals surface area contributed by atoms with Crippen LogP contribution < -0.4 is 5.32 Å². The SMILES string of the molecule is CCNC1CCC(C)C(C2CCCC2)C1. The summed E-state index contributed by atoms with van der Waals surface area (Å²) in [5, 5.41) is 3.66. The second kappa shape index (κ2) is 5.34. The average molecular weight is 209 g/mol. The first-order valence-electron chi connectivity index (χ1n) is 7.04. The van der Waals surface area contributed by atoms with Gasteiger partial charge in [-0.2, -0.15) is 0 Å². The molecule has 2 aliphatic carbocycles. The van der Waals surface area contributed by atoms with E-state index < -0.39 is 0 Å². The average Bonchev–Trinajstić information content (AvgIpc) is 2.74. The maximum Gasteiger partial charge on any atom is 0.00698 e. The predicted octanol–water partition coefficient (Wildman–Crippen LogP) is 3.59. The number of hydrogen-bond acceptors (Lipinski definition) is 1. The van der Waals surface area contributed by atoms with Crippen molar-refractivity contribution in [1.82, 2.24) is 5.32 Å². The molecule has 2 aliphatic rings. The molecular formula is C14H27N. The highest BCUT2D eigenvalue weighted by Gasteiger charge is 2.34. The van der Waals surface area contributed by atoms with Crippen LogP contribution in [-0.4, -0.2) is 12.6 Å². The zero-order valence-corrected chi connectivity index (χ0v) is 10.5. The van der Waals surface area contributed by atoms with Gasteiger partial charge < -0.3 is 5.32 Å². The van der Waals surface area contributed by atoms with Crippen LogP contribution in [0.1, 0.15) is 58.8 Å². The van der Waals surface area contributed by atoms with Gasteiger partial charge in [-0.15, -0.1) is 0 Å². The topological polar surface area (TPSA) is 12.0 Å². The Hall–Kier alpha value is -0.0400. The van der Waals surface area contributed by atoms with Crippen LogP contribution in [0.5, 0.6) is 0 Å². The Morgan fingerprint density at radius 1 is 1.07 bits per heavy atom. The van der Waals surface area contributed by atoms with E-state index in [1.54, 1.807) is 0 Å². The monoisotopic (exact) mass is 209 g/mol. The van der Waals surface area contributed by atoms with Gasteiger partial charge in [-0.1, -0.05) is 39.5 Å². The molecule has 1 nitrogen and oxygen atoms in total. The minimum atomic E-state index is 0.830. The van der Waals surface area contributed by atoms with Gasteiger partial charge in [0, 0.05) is 6.04 Å². The highest BCUT2D eigenvalue weighted by atomic mass is 14.9. The lowest BCUT2D eigenvalue weighted by Crippen LogP contribution is -2.39. The lowest BCUT2D eigenvalue weighted by atomic mass is 9.71. The Balaban J connectivity index is 1.89. The van der Waals surface area contributed by atoms with E-state index >= 15 is 0 Å². The van der Waals surface area contributed by atoms with Crippen molar-refractivity contribution in [1.29, 1.82) is 0 Å². The smallest absolute Gasteiger partial charge is 0.00698 e. The molecule has 88 valence electrons. The third-order valence-electron chi connectivity index (χ3n) is 4.76. The van der Waals surface area contributed by atoms with Gasteiger partial charge in [-0.3, -0.25) is 0 Å². The summed E-state index contributed by atoms with van der Waals surface area (Å²) in [6.45, 7) is 5.88.